The number of rotatable bonds is 10. The summed E-state index contributed by atoms with van der Waals surface area (Å²) in [5, 5.41) is 20.1. The molecule has 10 heteroatoms. The lowest BCUT2D eigenvalue weighted by Crippen LogP contribution is -2.56. The number of nitrogens with one attached hydrogen (secondary N) is 1. The van der Waals surface area contributed by atoms with Gasteiger partial charge in [-0.05, 0) is 63.5 Å². The van der Waals surface area contributed by atoms with Gasteiger partial charge in [-0.3, -0.25) is 9.69 Å². The van der Waals surface area contributed by atoms with Gasteiger partial charge in [-0.15, -0.1) is 11.3 Å². The first kappa shape index (κ1) is 27.2. The lowest BCUT2D eigenvalue weighted by molar-refractivity contribution is 0.00438. The number of carbonyl (C=O) groups excluding carboxylic acids is 1. The third kappa shape index (κ3) is 5.68. The standard InChI is InChI=1S/C29H37N7O2S/c1-6-34(7-2)19(3)15-30-28(37)20-13-24(32-26(14-20)35-17-21(18-35)29(4,5)38)22-16-31-36-11-10-23(33-27(22)36)25-9-8-12-39-25/h8-14,16,19,21,38H,6-7,15,17-18H2,1-5H3,(H,30,37)/t19-/m0/s1. The van der Waals surface area contributed by atoms with Crippen LogP contribution in [0.25, 0.3) is 27.5 Å². The molecular formula is C29H37N7O2S. The molecule has 5 rings (SSSR count). The Balaban J connectivity index is 1.49. The van der Waals surface area contributed by atoms with Crippen molar-refractivity contribution >= 4 is 28.7 Å². The molecule has 5 heterocycles. The van der Waals surface area contributed by atoms with Crippen LogP contribution in [0.2, 0.25) is 0 Å². The number of fused-ring (bicyclic) bond motifs is 1. The second-order valence-electron chi connectivity index (χ2n) is 10.8. The third-order valence-electron chi connectivity index (χ3n) is 7.69. The molecule has 1 fully saturated rings. The van der Waals surface area contributed by atoms with Crippen LogP contribution in [0.5, 0.6) is 0 Å². The molecule has 0 aromatic carbocycles. The topological polar surface area (TPSA) is 98.9 Å². The molecule has 2 N–H and O–H groups in total. The van der Waals surface area contributed by atoms with Gasteiger partial charge in [0.05, 0.1) is 33.6 Å². The summed E-state index contributed by atoms with van der Waals surface area (Å²) >= 11 is 1.64. The Morgan fingerprint density at radius 1 is 1.21 bits per heavy atom. The highest BCUT2D eigenvalue weighted by Crippen LogP contribution is 2.33. The van der Waals surface area contributed by atoms with E-state index >= 15 is 0 Å². The second kappa shape index (κ2) is 11.0. The zero-order valence-electron chi connectivity index (χ0n) is 23.3. The maximum atomic E-state index is 13.4. The van der Waals surface area contributed by atoms with Gasteiger partial charge in [0.1, 0.15) is 5.82 Å². The number of pyridine rings is 1. The molecule has 0 radical (unpaired) electrons. The van der Waals surface area contributed by atoms with E-state index in [1.807, 2.05) is 55.8 Å². The number of amides is 1. The van der Waals surface area contributed by atoms with Gasteiger partial charge in [0.15, 0.2) is 5.65 Å². The Labute approximate surface area is 233 Å². The summed E-state index contributed by atoms with van der Waals surface area (Å²) in [5.74, 6) is 0.716. The molecule has 39 heavy (non-hydrogen) atoms. The number of aliphatic hydroxyl groups is 1. The fraction of sp³-hybridized carbons (Fsp3) is 0.448. The number of hydrogen-bond donors (Lipinski definition) is 2. The van der Waals surface area contributed by atoms with Crippen molar-refractivity contribution in [2.75, 3.05) is 37.6 Å². The van der Waals surface area contributed by atoms with Gasteiger partial charge in [-0.25, -0.2) is 14.5 Å². The van der Waals surface area contributed by atoms with Crippen molar-refractivity contribution in [2.24, 2.45) is 5.92 Å². The zero-order valence-corrected chi connectivity index (χ0v) is 24.1. The van der Waals surface area contributed by atoms with E-state index in [4.69, 9.17) is 9.97 Å². The first-order valence-corrected chi connectivity index (χ1v) is 14.5. The number of aromatic nitrogens is 4. The predicted octanol–water partition coefficient (Wildman–Crippen LogP) is 4.19. The Morgan fingerprint density at radius 2 is 1.97 bits per heavy atom. The first-order chi connectivity index (χ1) is 18.7. The summed E-state index contributed by atoms with van der Waals surface area (Å²) in [7, 11) is 0. The SMILES string of the molecule is CCN(CC)[C@@H](C)CNC(=O)c1cc(-c2cnn3ccc(-c4cccs4)nc23)nc(N2CC(C(C)(C)O)C2)c1. The van der Waals surface area contributed by atoms with Gasteiger partial charge in [0.2, 0.25) is 0 Å². The van der Waals surface area contributed by atoms with Crippen molar-refractivity contribution in [3.05, 3.63) is 53.7 Å². The fourth-order valence-electron chi connectivity index (χ4n) is 4.99. The summed E-state index contributed by atoms with van der Waals surface area (Å²) in [5.41, 5.74) is 2.74. The molecule has 9 nitrogen and oxygen atoms in total. The second-order valence-corrected chi connectivity index (χ2v) is 11.7. The van der Waals surface area contributed by atoms with Crippen molar-refractivity contribution in [1.82, 2.24) is 29.8 Å². The molecule has 4 aromatic rings. The molecule has 0 aliphatic carbocycles. The van der Waals surface area contributed by atoms with Crippen molar-refractivity contribution < 1.29 is 9.90 Å². The van der Waals surface area contributed by atoms with Crippen LogP contribution >= 0.6 is 11.3 Å². The van der Waals surface area contributed by atoms with Crippen molar-refractivity contribution in [3.8, 4) is 21.8 Å². The van der Waals surface area contributed by atoms with E-state index in [0.29, 0.717) is 42.4 Å². The van der Waals surface area contributed by atoms with Crippen LogP contribution in [0.1, 0.15) is 45.0 Å². The van der Waals surface area contributed by atoms with E-state index in [1.54, 1.807) is 22.0 Å². The van der Waals surface area contributed by atoms with Crippen molar-refractivity contribution in [3.63, 3.8) is 0 Å². The first-order valence-electron chi connectivity index (χ1n) is 13.6. The number of likely N-dealkylation sites (N-methyl/N-ethyl adjacent to an activating group) is 1. The van der Waals surface area contributed by atoms with E-state index in [1.165, 1.54) is 0 Å². The van der Waals surface area contributed by atoms with Gasteiger partial charge in [0, 0.05) is 43.4 Å². The van der Waals surface area contributed by atoms with Crippen LogP contribution in [0.3, 0.4) is 0 Å². The molecular weight excluding hydrogens is 510 g/mol. The Bertz CT molecular complexity index is 1430. The lowest BCUT2D eigenvalue weighted by Gasteiger charge is -2.46. The number of nitrogens with zero attached hydrogens (tertiary/aromatic N) is 6. The predicted molar refractivity (Wildman–Crippen MR) is 156 cm³/mol. The van der Waals surface area contributed by atoms with E-state index in [0.717, 1.165) is 29.2 Å². The minimum absolute atomic E-state index is 0.137. The van der Waals surface area contributed by atoms with Crippen LogP contribution in [-0.2, 0) is 0 Å². The smallest absolute Gasteiger partial charge is 0.251 e. The summed E-state index contributed by atoms with van der Waals surface area (Å²) in [6.45, 7) is 13.8. The van der Waals surface area contributed by atoms with Gasteiger partial charge in [-0.1, -0.05) is 19.9 Å². The molecule has 1 saturated heterocycles. The minimum atomic E-state index is -0.764. The highest BCUT2D eigenvalue weighted by atomic mass is 32.1. The van der Waals surface area contributed by atoms with Crippen LogP contribution in [-0.4, -0.2) is 79.9 Å². The summed E-state index contributed by atoms with van der Waals surface area (Å²) in [6.07, 6.45) is 3.66. The Morgan fingerprint density at radius 3 is 2.64 bits per heavy atom. The Hall–Kier alpha value is -3.34. The molecule has 1 aliphatic rings. The third-order valence-corrected chi connectivity index (χ3v) is 8.58. The normalized spacial score (nSPS) is 15.1. The van der Waals surface area contributed by atoms with Crippen LogP contribution in [0.4, 0.5) is 5.82 Å². The molecule has 0 spiro atoms. The molecule has 0 saturated carbocycles. The monoisotopic (exact) mass is 547 g/mol. The highest BCUT2D eigenvalue weighted by Gasteiger charge is 2.38. The molecule has 1 atom stereocenters. The summed E-state index contributed by atoms with van der Waals surface area (Å²) in [4.78, 5) is 28.7. The van der Waals surface area contributed by atoms with Crippen molar-refractivity contribution in [1.29, 1.82) is 0 Å². The maximum Gasteiger partial charge on any atom is 0.251 e. The van der Waals surface area contributed by atoms with Crippen LogP contribution in [0.15, 0.2) is 48.1 Å². The maximum absolute atomic E-state index is 13.4. The summed E-state index contributed by atoms with van der Waals surface area (Å²) < 4.78 is 1.74. The molecule has 1 aliphatic heterocycles. The van der Waals surface area contributed by atoms with E-state index in [2.05, 4.69) is 41.0 Å². The minimum Gasteiger partial charge on any atom is -0.390 e. The van der Waals surface area contributed by atoms with Crippen LogP contribution < -0.4 is 10.2 Å². The molecule has 1 amide bonds. The van der Waals surface area contributed by atoms with Gasteiger partial charge < -0.3 is 15.3 Å². The highest BCUT2D eigenvalue weighted by molar-refractivity contribution is 7.13. The van der Waals surface area contributed by atoms with Gasteiger partial charge in [0.25, 0.3) is 5.91 Å². The van der Waals surface area contributed by atoms with E-state index < -0.39 is 5.60 Å². The molecule has 4 aromatic heterocycles. The van der Waals surface area contributed by atoms with Gasteiger partial charge >= 0.3 is 0 Å². The lowest BCUT2D eigenvalue weighted by atomic mass is 9.84. The molecule has 0 bridgehead atoms. The number of carbonyl (C=O) groups is 1. The van der Waals surface area contributed by atoms with E-state index in [-0.39, 0.29) is 17.9 Å². The fourth-order valence-corrected chi connectivity index (χ4v) is 5.68. The zero-order chi connectivity index (χ0) is 27.7. The molecule has 0 unspecified atom stereocenters. The number of hydrogen-bond acceptors (Lipinski definition) is 8. The largest absolute Gasteiger partial charge is 0.390 e. The van der Waals surface area contributed by atoms with Gasteiger partial charge in [-0.2, -0.15) is 5.10 Å². The quantitative estimate of drug-likeness (QED) is 0.307. The average molecular weight is 548 g/mol. The summed E-state index contributed by atoms with van der Waals surface area (Å²) in [6, 6.07) is 9.90. The number of anilines is 1. The van der Waals surface area contributed by atoms with E-state index in [9.17, 15) is 9.90 Å². The number of thiophene rings is 1. The molecule has 206 valence electrons. The average Bonchev–Trinajstić information content (AvgIpc) is 3.56. The Kier molecular flexibility index (Phi) is 7.70. The van der Waals surface area contributed by atoms with Crippen molar-refractivity contribution in [2.45, 2.75) is 46.3 Å². The van der Waals surface area contributed by atoms with Crippen LogP contribution in [0, 0.1) is 5.92 Å².